The molecule has 0 aliphatic heterocycles. The van der Waals surface area contributed by atoms with E-state index >= 15 is 0 Å². The summed E-state index contributed by atoms with van der Waals surface area (Å²) in [5.41, 5.74) is 0. The van der Waals surface area contributed by atoms with Crippen molar-refractivity contribution < 1.29 is 0 Å². The van der Waals surface area contributed by atoms with Crippen molar-refractivity contribution in [2.75, 3.05) is 6.54 Å². The maximum Gasteiger partial charge on any atom is 0.0135 e. The van der Waals surface area contributed by atoms with Gasteiger partial charge in [0, 0.05) is 6.04 Å². The zero-order valence-corrected chi connectivity index (χ0v) is 10.0. The second kappa shape index (κ2) is 5.16. The molecule has 2 aliphatic rings. The molecule has 0 saturated heterocycles. The summed E-state index contributed by atoms with van der Waals surface area (Å²) >= 11 is 0. The lowest BCUT2D eigenvalue weighted by molar-refractivity contribution is 0.433. The Morgan fingerprint density at radius 3 is 2.53 bits per heavy atom. The van der Waals surface area contributed by atoms with Crippen LogP contribution in [0.3, 0.4) is 0 Å². The van der Waals surface area contributed by atoms with Crippen LogP contribution < -0.4 is 5.32 Å². The van der Waals surface area contributed by atoms with E-state index in [0.717, 1.165) is 30.2 Å². The third kappa shape index (κ3) is 2.44. The fraction of sp³-hybridized carbons (Fsp3) is 0.857. The minimum Gasteiger partial charge on any atom is -0.313 e. The zero-order valence-electron chi connectivity index (χ0n) is 10.0. The van der Waals surface area contributed by atoms with Crippen LogP contribution in [-0.2, 0) is 0 Å². The van der Waals surface area contributed by atoms with Gasteiger partial charge in [0.15, 0.2) is 0 Å². The van der Waals surface area contributed by atoms with Crippen molar-refractivity contribution >= 4 is 0 Å². The lowest BCUT2D eigenvalue weighted by Crippen LogP contribution is -2.32. The second-order valence-electron chi connectivity index (χ2n) is 5.27. The van der Waals surface area contributed by atoms with Gasteiger partial charge in [0.2, 0.25) is 0 Å². The molecule has 0 spiro atoms. The Morgan fingerprint density at radius 2 is 2.00 bits per heavy atom. The van der Waals surface area contributed by atoms with Crippen LogP contribution in [0.2, 0.25) is 0 Å². The van der Waals surface area contributed by atoms with Gasteiger partial charge in [0.25, 0.3) is 0 Å². The average Bonchev–Trinajstić information content (AvgIpc) is 2.98. The highest BCUT2D eigenvalue weighted by Gasteiger charge is 2.53. The molecule has 2 rings (SSSR count). The van der Waals surface area contributed by atoms with Gasteiger partial charge in [-0.25, -0.2) is 0 Å². The highest BCUT2D eigenvalue weighted by atomic mass is 14.9. The zero-order chi connectivity index (χ0) is 10.7. The number of hydrogen-bond donors (Lipinski definition) is 1. The monoisotopic (exact) mass is 207 g/mol. The number of hydrogen-bond acceptors (Lipinski definition) is 1. The highest BCUT2D eigenvalue weighted by Crippen LogP contribution is 2.57. The molecule has 3 unspecified atom stereocenters. The molecule has 86 valence electrons. The highest BCUT2D eigenvalue weighted by molar-refractivity contribution is 5.05. The first kappa shape index (κ1) is 11.2. The van der Waals surface area contributed by atoms with Crippen molar-refractivity contribution in [3.05, 3.63) is 12.7 Å². The molecule has 1 heteroatoms. The van der Waals surface area contributed by atoms with Crippen molar-refractivity contribution in [2.45, 2.75) is 51.5 Å². The fourth-order valence-electron chi connectivity index (χ4n) is 3.53. The van der Waals surface area contributed by atoms with E-state index < -0.39 is 0 Å². The van der Waals surface area contributed by atoms with Crippen LogP contribution in [0, 0.1) is 17.8 Å². The summed E-state index contributed by atoms with van der Waals surface area (Å²) in [6.45, 7) is 7.32. The molecule has 0 aromatic rings. The van der Waals surface area contributed by atoms with Gasteiger partial charge in [-0.15, -0.1) is 6.58 Å². The van der Waals surface area contributed by atoms with Crippen LogP contribution in [0.5, 0.6) is 0 Å². The Labute approximate surface area is 94.3 Å². The van der Waals surface area contributed by atoms with Crippen LogP contribution in [0.15, 0.2) is 12.7 Å². The standard InChI is InChI=1S/C14H25N/c1-3-7-13(15-10-4-2)14-11-8-5-6-9-12(11)14/h3,11-15H,1,4-10H2,2H3. The van der Waals surface area contributed by atoms with E-state index in [4.69, 9.17) is 0 Å². The third-order valence-electron chi connectivity index (χ3n) is 4.26. The Morgan fingerprint density at radius 1 is 1.33 bits per heavy atom. The summed E-state index contributed by atoms with van der Waals surface area (Å²) in [4.78, 5) is 0. The summed E-state index contributed by atoms with van der Waals surface area (Å²) in [7, 11) is 0. The minimum atomic E-state index is 0.732. The van der Waals surface area contributed by atoms with Crippen LogP contribution >= 0.6 is 0 Å². The molecule has 0 amide bonds. The molecule has 0 aromatic carbocycles. The van der Waals surface area contributed by atoms with Crippen molar-refractivity contribution in [1.82, 2.24) is 5.32 Å². The van der Waals surface area contributed by atoms with Gasteiger partial charge < -0.3 is 5.32 Å². The van der Waals surface area contributed by atoms with Crippen molar-refractivity contribution in [3.63, 3.8) is 0 Å². The van der Waals surface area contributed by atoms with Gasteiger partial charge in [0.05, 0.1) is 0 Å². The summed E-state index contributed by atoms with van der Waals surface area (Å²) in [6.07, 6.45) is 10.5. The van der Waals surface area contributed by atoms with Crippen molar-refractivity contribution in [3.8, 4) is 0 Å². The maximum absolute atomic E-state index is 3.90. The maximum atomic E-state index is 3.90. The van der Waals surface area contributed by atoms with Crippen LogP contribution in [0.1, 0.15) is 45.4 Å². The molecule has 2 aliphatic carbocycles. The predicted molar refractivity (Wildman–Crippen MR) is 65.8 cm³/mol. The van der Waals surface area contributed by atoms with E-state index in [1.807, 2.05) is 0 Å². The first-order chi connectivity index (χ1) is 7.38. The van der Waals surface area contributed by atoms with Crippen LogP contribution in [0.25, 0.3) is 0 Å². The summed E-state index contributed by atoms with van der Waals surface area (Å²) in [5, 5.41) is 3.72. The van der Waals surface area contributed by atoms with Gasteiger partial charge in [0.1, 0.15) is 0 Å². The fourth-order valence-corrected chi connectivity index (χ4v) is 3.53. The molecule has 0 bridgehead atoms. The van der Waals surface area contributed by atoms with Gasteiger partial charge >= 0.3 is 0 Å². The molecule has 0 heterocycles. The quantitative estimate of drug-likeness (QED) is 0.658. The average molecular weight is 207 g/mol. The van der Waals surface area contributed by atoms with Crippen LogP contribution in [-0.4, -0.2) is 12.6 Å². The predicted octanol–water partition coefficient (Wildman–Crippen LogP) is 3.37. The second-order valence-corrected chi connectivity index (χ2v) is 5.27. The Hall–Kier alpha value is -0.300. The molecule has 0 aromatic heterocycles. The van der Waals surface area contributed by atoms with Gasteiger partial charge in [-0.1, -0.05) is 25.8 Å². The van der Waals surface area contributed by atoms with E-state index in [-0.39, 0.29) is 0 Å². The lowest BCUT2D eigenvalue weighted by atomic mass is 10.0. The third-order valence-corrected chi connectivity index (χ3v) is 4.26. The lowest BCUT2D eigenvalue weighted by Gasteiger charge is -2.17. The van der Waals surface area contributed by atoms with Crippen molar-refractivity contribution in [1.29, 1.82) is 0 Å². The molecule has 15 heavy (non-hydrogen) atoms. The number of nitrogens with one attached hydrogen (secondary N) is 1. The van der Waals surface area contributed by atoms with Crippen molar-refractivity contribution in [2.24, 2.45) is 17.8 Å². The first-order valence-electron chi connectivity index (χ1n) is 6.72. The smallest absolute Gasteiger partial charge is 0.0135 e. The number of rotatable bonds is 6. The van der Waals surface area contributed by atoms with E-state index in [9.17, 15) is 0 Å². The molecule has 0 radical (unpaired) electrons. The van der Waals surface area contributed by atoms with E-state index in [0.29, 0.717) is 0 Å². The minimum absolute atomic E-state index is 0.732. The molecule has 1 nitrogen and oxygen atoms in total. The number of fused-ring (bicyclic) bond motifs is 1. The molecule has 2 fully saturated rings. The Bertz CT molecular complexity index is 199. The molecule has 2 saturated carbocycles. The first-order valence-corrected chi connectivity index (χ1v) is 6.72. The Balaban J connectivity index is 1.85. The summed E-state index contributed by atoms with van der Waals surface area (Å²) < 4.78 is 0. The largest absolute Gasteiger partial charge is 0.313 e. The van der Waals surface area contributed by atoms with Gasteiger partial charge in [-0.3, -0.25) is 0 Å². The van der Waals surface area contributed by atoms with Crippen LogP contribution in [0.4, 0.5) is 0 Å². The molecular weight excluding hydrogens is 182 g/mol. The van der Waals surface area contributed by atoms with E-state index in [1.54, 1.807) is 0 Å². The van der Waals surface area contributed by atoms with Gasteiger partial charge in [-0.05, 0) is 50.0 Å². The van der Waals surface area contributed by atoms with E-state index in [1.165, 1.54) is 38.6 Å². The summed E-state index contributed by atoms with van der Waals surface area (Å²) in [6, 6.07) is 0.732. The molecule has 1 N–H and O–H groups in total. The van der Waals surface area contributed by atoms with E-state index in [2.05, 4.69) is 24.9 Å². The topological polar surface area (TPSA) is 12.0 Å². The van der Waals surface area contributed by atoms with Gasteiger partial charge in [-0.2, -0.15) is 0 Å². The molecular formula is C14H25N. The Kier molecular flexibility index (Phi) is 3.85. The SMILES string of the molecule is C=CCC(NCCC)C1C2CCCCC21. The molecule has 3 atom stereocenters. The summed E-state index contributed by atoms with van der Waals surface area (Å²) in [5.74, 6) is 3.11. The normalized spacial score (nSPS) is 35.7.